The van der Waals surface area contributed by atoms with Gasteiger partial charge in [-0.05, 0) is 18.2 Å². The lowest BCUT2D eigenvalue weighted by Gasteiger charge is -2.05. The molecular formula is C20H14Cl2N2O4. The van der Waals surface area contributed by atoms with E-state index in [9.17, 15) is 9.59 Å². The summed E-state index contributed by atoms with van der Waals surface area (Å²) in [5.74, 6) is -0.490. The quantitative estimate of drug-likeness (QED) is 0.488. The minimum absolute atomic E-state index is 0.152. The van der Waals surface area contributed by atoms with Gasteiger partial charge in [-0.3, -0.25) is 9.59 Å². The van der Waals surface area contributed by atoms with Crippen LogP contribution in [0.4, 0.5) is 0 Å². The topological polar surface area (TPSA) is 85.3 Å². The van der Waals surface area contributed by atoms with Crippen LogP contribution in [0.3, 0.4) is 0 Å². The van der Waals surface area contributed by atoms with E-state index >= 15 is 0 Å². The molecule has 28 heavy (non-hydrogen) atoms. The number of hydrogen-bond acceptors (Lipinski definition) is 5. The molecule has 0 radical (unpaired) electrons. The van der Waals surface area contributed by atoms with Gasteiger partial charge in [0.25, 0.3) is 5.91 Å². The van der Waals surface area contributed by atoms with E-state index in [1.54, 1.807) is 48.5 Å². The number of benzene rings is 2. The molecule has 2 aromatic carbocycles. The Kier molecular flexibility index (Phi) is 5.94. The third kappa shape index (κ3) is 3.45. The molecule has 0 aliphatic carbocycles. The average Bonchev–Trinajstić information content (AvgIpc) is 3.32. The van der Waals surface area contributed by atoms with Crippen LogP contribution in [0.15, 0.2) is 59.2 Å². The zero-order chi connectivity index (χ0) is 20.3. The predicted octanol–water partition coefficient (Wildman–Crippen LogP) is 4.71. The number of aldehydes is 1. The fraction of sp³-hybridized carbons (Fsp3) is 0.0500. The van der Waals surface area contributed by atoms with Gasteiger partial charge in [-0.25, -0.2) is 0 Å². The van der Waals surface area contributed by atoms with Crippen molar-refractivity contribution in [3.63, 3.8) is 0 Å². The van der Waals surface area contributed by atoms with Gasteiger partial charge < -0.3 is 9.52 Å². The molecule has 0 fully saturated rings. The van der Waals surface area contributed by atoms with E-state index in [0.29, 0.717) is 22.4 Å². The molecular weight excluding hydrogens is 403 g/mol. The number of aliphatic hydroxyl groups is 1. The van der Waals surface area contributed by atoms with Crippen LogP contribution in [-0.4, -0.2) is 34.2 Å². The van der Waals surface area contributed by atoms with Gasteiger partial charge in [0, 0.05) is 18.2 Å². The second-order valence-electron chi connectivity index (χ2n) is 5.54. The third-order valence-electron chi connectivity index (χ3n) is 3.98. The zero-order valence-electron chi connectivity index (χ0n) is 14.6. The van der Waals surface area contributed by atoms with Gasteiger partial charge in [-0.15, -0.1) is 0 Å². The number of aromatic nitrogens is 2. The van der Waals surface area contributed by atoms with Crippen molar-refractivity contribution in [1.82, 2.24) is 9.78 Å². The molecule has 142 valence electrons. The first-order chi connectivity index (χ1) is 13.6. The van der Waals surface area contributed by atoms with Gasteiger partial charge in [0.1, 0.15) is 12.0 Å². The second kappa shape index (κ2) is 8.39. The maximum Gasteiger partial charge on any atom is 0.284 e. The Morgan fingerprint density at radius 2 is 1.71 bits per heavy atom. The number of nitrogens with zero attached hydrogens (tertiary/aromatic N) is 2. The highest BCUT2D eigenvalue weighted by Gasteiger charge is 2.23. The maximum absolute atomic E-state index is 13.0. The highest BCUT2D eigenvalue weighted by atomic mass is 35.5. The number of carbonyl (C=O) groups is 2. The monoisotopic (exact) mass is 416 g/mol. The van der Waals surface area contributed by atoms with Crippen LogP contribution >= 0.6 is 23.2 Å². The predicted molar refractivity (Wildman–Crippen MR) is 107 cm³/mol. The number of hydrogen-bond donors (Lipinski definition) is 1. The Hall–Kier alpha value is -2.93. The molecule has 0 bridgehead atoms. The molecule has 0 aliphatic rings. The molecule has 8 heteroatoms. The first-order valence-electron chi connectivity index (χ1n) is 8.05. The molecule has 6 nitrogen and oxygen atoms in total. The summed E-state index contributed by atoms with van der Waals surface area (Å²) in [5.41, 5.74) is 2.30. The Labute approximate surface area is 169 Å². The molecule has 4 aromatic rings. The van der Waals surface area contributed by atoms with Crippen LogP contribution in [0, 0.1) is 0 Å². The summed E-state index contributed by atoms with van der Waals surface area (Å²) in [5, 5.41) is 12.5. The lowest BCUT2D eigenvalue weighted by Crippen LogP contribution is -2.14. The number of rotatable bonds is 3. The number of fused-ring (bicyclic) bond motifs is 1. The summed E-state index contributed by atoms with van der Waals surface area (Å²) in [6.07, 6.45) is 2.24. The molecule has 0 aliphatic heterocycles. The summed E-state index contributed by atoms with van der Waals surface area (Å²) in [6, 6.07) is 13.4. The average molecular weight is 417 g/mol. The number of aliphatic hydroxyl groups excluding tert-OH is 1. The summed E-state index contributed by atoms with van der Waals surface area (Å²) in [4.78, 5) is 23.8. The van der Waals surface area contributed by atoms with Crippen molar-refractivity contribution in [1.29, 1.82) is 0 Å². The van der Waals surface area contributed by atoms with Crippen LogP contribution < -0.4 is 0 Å². The summed E-state index contributed by atoms with van der Waals surface area (Å²) in [6.45, 7) is 0. The Morgan fingerprint density at radius 3 is 2.32 bits per heavy atom. The molecule has 0 saturated heterocycles. The molecule has 2 aromatic heterocycles. The van der Waals surface area contributed by atoms with E-state index in [0.717, 1.165) is 23.6 Å². The highest BCUT2D eigenvalue weighted by molar-refractivity contribution is 6.39. The number of carbonyl (C=O) groups excluding carboxylic acids is 2. The lowest BCUT2D eigenvalue weighted by molar-refractivity contribution is 0.0947. The third-order valence-corrected chi connectivity index (χ3v) is 4.61. The van der Waals surface area contributed by atoms with Gasteiger partial charge in [-0.1, -0.05) is 53.5 Å². The fourth-order valence-corrected chi connectivity index (χ4v) is 3.28. The number of halogens is 2. The molecule has 4 rings (SSSR count). The van der Waals surface area contributed by atoms with Crippen LogP contribution in [0.2, 0.25) is 10.0 Å². The van der Waals surface area contributed by atoms with Gasteiger partial charge in [0.15, 0.2) is 0 Å². The van der Waals surface area contributed by atoms with Crippen LogP contribution in [-0.2, 0) is 0 Å². The standard InChI is InChI=1S/C19H10Cl2N2O3.CH4O/c20-14-2-1-3-15(21)16(14)18(25)23-19-13(8-9-26-19)17(22-23)12-6-4-11(10-24)5-7-12;1-2/h1-10H;2H,1H3. The van der Waals surface area contributed by atoms with Gasteiger partial charge in [0.05, 0.1) is 27.3 Å². The van der Waals surface area contributed by atoms with Crippen LogP contribution in [0.5, 0.6) is 0 Å². The summed E-state index contributed by atoms with van der Waals surface area (Å²) >= 11 is 12.3. The summed E-state index contributed by atoms with van der Waals surface area (Å²) < 4.78 is 6.60. The van der Waals surface area contributed by atoms with Crippen molar-refractivity contribution in [3.05, 3.63) is 76.0 Å². The Morgan fingerprint density at radius 1 is 1.07 bits per heavy atom. The smallest absolute Gasteiger partial charge is 0.284 e. The summed E-state index contributed by atoms with van der Waals surface area (Å²) in [7, 11) is 1.00. The maximum atomic E-state index is 13.0. The first-order valence-corrected chi connectivity index (χ1v) is 8.81. The van der Waals surface area contributed by atoms with Crippen LogP contribution in [0.1, 0.15) is 20.7 Å². The molecule has 0 spiro atoms. The van der Waals surface area contributed by atoms with Crippen LogP contribution in [0.25, 0.3) is 22.4 Å². The molecule has 2 heterocycles. The molecule has 1 N–H and O–H groups in total. The van der Waals surface area contributed by atoms with Crippen molar-refractivity contribution in [3.8, 4) is 11.3 Å². The minimum atomic E-state index is -0.490. The number of furan rings is 1. The van der Waals surface area contributed by atoms with Gasteiger partial charge in [0.2, 0.25) is 5.71 Å². The molecule has 0 atom stereocenters. The zero-order valence-corrected chi connectivity index (χ0v) is 16.1. The molecule has 0 unspecified atom stereocenters. The highest BCUT2D eigenvalue weighted by Crippen LogP contribution is 2.31. The van der Waals surface area contributed by atoms with E-state index in [1.165, 1.54) is 6.26 Å². The van der Waals surface area contributed by atoms with E-state index in [-0.39, 0.29) is 15.6 Å². The normalized spacial score (nSPS) is 10.4. The van der Waals surface area contributed by atoms with E-state index in [2.05, 4.69) is 5.10 Å². The lowest BCUT2D eigenvalue weighted by atomic mass is 10.1. The largest absolute Gasteiger partial charge is 0.446 e. The van der Waals surface area contributed by atoms with Crippen molar-refractivity contribution >= 4 is 46.5 Å². The Balaban J connectivity index is 0.00000109. The van der Waals surface area contributed by atoms with E-state index < -0.39 is 5.91 Å². The van der Waals surface area contributed by atoms with E-state index in [1.807, 2.05) is 0 Å². The minimum Gasteiger partial charge on any atom is -0.446 e. The Bertz CT molecular complexity index is 1130. The second-order valence-corrected chi connectivity index (χ2v) is 6.36. The van der Waals surface area contributed by atoms with Crippen molar-refractivity contribution in [2.24, 2.45) is 0 Å². The SMILES string of the molecule is CO.O=Cc1ccc(-c2nn(C(=O)c3c(Cl)cccc3Cl)c3occc23)cc1. The van der Waals surface area contributed by atoms with Gasteiger partial charge in [-0.2, -0.15) is 9.78 Å². The first kappa shape index (κ1) is 19.8. The van der Waals surface area contributed by atoms with Crippen molar-refractivity contribution < 1.29 is 19.1 Å². The van der Waals surface area contributed by atoms with Crippen molar-refractivity contribution in [2.45, 2.75) is 0 Å². The molecule has 0 amide bonds. The van der Waals surface area contributed by atoms with E-state index in [4.69, 9.17) is 32.7 Å². The molecule has 0 saturated carbocycles. The van der Waals surface area contributed by atoms with Gasteiger partial charge >= 0.3 is 0 Å². The fourth-order valence-electron chi connectivity index (χ4n) is 2.72. The van der Waals surface area contributed by atoms with Crippen molar-refractivity contribution in [2.75, 3.05) is 7.11 Å².